The number of amides is 1. The molecule has 0 aliphatic heterocycles. The Hall–Kier alpha value is -3.02. The van der Waals surface area contributed by atoms with Gasteiger partial charge in [-0.25, -0.2) is 9.18 Å². The smallest absolute Gasteiger partial charge is 0.340 e. The first-order valence-electron chi connectivity index (χ1n) is 6.23. The maximum atomic E-state index is 13.9. The van der Waals surface area contributed by atoms with Gasteiger partial charge in [0, 0.05) is 11.6 Å². The zero-order valence-corrected chi connectivity index (χ0v) is 10.9. The summed E-state index contributed by atoms with van der Waals surface area (Å²) in [6.45, 7) is 0. The van der Waals surface area contributed by atoms with Crippen molar-refractivity contribution in [3.63, 3.8) is 0 Å². The number of benzene rings is 1. The van der Waals surface area contributed by atoms with E-state index in [1.54, 1.807) is 30.5 Å². The molecule has 0 saturated heterocycles. The number of para-hydroxylation sites is 1. The van der Waals surface area contributed by atoms with Gasteiger partial charge in [0.05, 0.1) is 11.4 Å². The molecule has 1 aromatic carbocycles. The van der Waals surface area contributed by atoms with Crippen LogP contribution in [0.25, 0.3) is 23.1 Å². The number of nitrogens with zero attached hydrogens (tertiary/aromatic N) is 3. The predicted octanol–water partition coefficient (Wildman–Crippen LogP) is 2.67. The second kappa shape index (κ2) is 5.16. The summed E-state index contributed by atoms with van der Waals surface area (Å²) in [5.41, 5.74) is 6.49. The average molecular weight is 282 g/mol. The average Bonchev–Trinajstić information content (AvgIpc) is 2.87. The first kappa shape index (κ1) is 13.0. The lowest BCUT2D eigenvalue weighted by atomic mass is 10.2. The van der Waals surface area contributed by atoms with Gasteiger partial charge in [-0.3, -0.25) is 4.98 Å². The van der Waals surface area contributed by atoms with Crippen LogP contribution in [-0.2, 0) is 0 Å². The van der Waals surface area contributed by atoms with Crippen molar-refractivity contribution in [2.45, 2.75) is 0 Å². The number of nitrogens with two attached hydrogens (primary N) is 1. The standard InChI is InChI=1S/C15H11FN4O/c16-12-6-3-5-11-13(19-20(14(11)12)15(17)21)8-7-10-4-1-2-9-18-10/h1-9H,(H2,17,21). The minimum atomic E-state index is -0.831. The fraction of sp³-hybridized carbons (Fsp3) is 0. The molecule has 5 nitrogen and oxygen atoms in total. The van der Waals surface area contributed by atoms with Gasteiger partial charge >= 0.3 is 6.03 Å². The van der Waals surface area contributed by atoms with Crippen LogP contribution >= 0.6 is 0 Å². The molecular weight excluding hydrogens is 271 g/mol. The van der Waals surface area contributed by atoms with Crippen LogP contribution in [0.1, 0.15) is 11.4 Å². The summed E-state index contributed by atoms with van der Waals surface area (Å²) in [5.74, 6) is -0.545. The summed E-state index contributed by atoms with van der Waals surface area (Å²) in [7, 11) is 0. The Balaban J connectivity index is 2.13. The van der Waals surface area contributed by atoms with Crippen LogP contribution in [0.15, 0.2) is 42.6 Å². The van der Waals surface area contributed by atoms with Crippen LogP contribution in [0, 0.1) is 5.82 Å². The first-order chi connectivity index (χ1) is 10.2. The van der Waals surface area contributed by atoms with E-state index in [4.69, 9.17) is 5.73 Å². The first-order valence-corrected chi connectivity index (χ1v) is 6.23. The maximum Gasteiger partial charge on any atom is 0.340 e. The van der Waals surface area contributed by atoms with E-state index in [1.807, 2.05) is 18.2 Å². The van der Waals surface area contributed by atoms with Gasteiger partial charge in [0.25, 0.3) is 0 Å². The van der Waals surface area contributed by atoms with Crippen molar-refractivity contribution < 1.29 is 9.18 Å². The summed E-state index contributed by atoms with van der Waals surface area (Å²) in [5, 5.41) is 4.57. The summed E-state index contributed by atoms with van der Waals surface area (Å²) in [6.07, 6.45) is 5.07. The number of rotatable bonds is 2. The number of hydrogen-bond donors (Lipinski definition) is 1. The minimum Gasteiger partial charge on any atom is -0.350 e. The van der Waals surface area contributed by atoms with Crippen molar-refractivity contribution >= 4 is 29.1 Å². The lowest BCUT2D eigenvalue weighted by Gasteiger charge is -1.96. The topological polar surface area (TPSA) is 73.8 Å². The summed E-state index contributed by atoms with van der Waals surface area (Å²) in [6, 6.07) is 9.16. The molecule has 0 spiro atoms. The summed E-state index contributed by atoms with van der Waals surface area (Å²) in [4.78, 5) is 15.5. The number of fused-ring (bicyclic) bond motifs is 1. The van der Waals surface area contributed by atoms with Crippen LogP contribution in [0.2, 0.25) is 0 Å². The van der Waals surface area contributed by atoms with Gasteiger partial charge in [0.15, 0.2) is 0 Å². The molecule has 0 saturated carbocycles. The molecule has 6 heteroatoms. The minimum absolute atomic E-state index is 0.0747. The number of pyridine rings is 1. The van der Waals surface area contributed by atoms with Gasteiger partial charge in [-0.1, -0.05) is 18.2 Å². The van der Waals surface area contributed by atoms with Gasteiger partial charge in [0.2, 0.25) is 0 Å². The molecule has 104 valence electrons. The van der Waals surface area contributed by atoms with Gasteiger partial charge in [-0.15, -0.1) is 0 Å². The maximum absolute atomic E-state index is 13.9. The van der Waals surface area contributed by atoms with Crippen LogP contribution in [-0.4, -0.2) is 20.8 Å². The lowest BCUT2D eigenvalue weighted by molar-refractivity contribution is 0.248. The Kier molecular flexibility index (Phi) is 3.19. The molecule has 2 heterocycles. The molecule has 1 amide bonds. The molecule has 0 aliphatic carbocycles. The van der Waals surface area contributed by atoms with Crippen LogP contribution in [0.5, 0.6) is 0 Å². The highest BCUT2D eigenvalue weighted by atomic mass is 19.1. The van der Waals surface area contributed by atoms with Crippen molar-refractivity contribution in [3.05, 3.63) is 59.8 Å². The molecule has 0 fully saturated rings. The summed E-state index contributed by atoms with van der Waals surface area (Å²) < 4.78 is 14.7. The van der Waals surface area contributed by atoms with Crippen molar-refractivity contribution in [2.75, 3.05) is 0 Å². The second-order valence-electron chi connectivity index (χ2n) is 4.36. The molecule has 0 unspecified atom stereocenters. The lowest BCUT2D eigenvalue weighted by Crippen LogP contribution is -2.21. The van der Waals surface area contributed by atoms with Crippen LogP contribution < -0.4 is 5.73 Å². The third-order valence-electron chi connectivity index (χ3n) is 2.99. The van der Waals surface area contributed by atoms with E-state index in [0.717, 1.165) is 10.4 Å². The highest BCUT2D eigenvalue weighted by Gasteiger charge is 2.15. The molecule has 3 aromatic rings. The van der Waals surface area contributed by atoms with E-state index in [1.165, 1.54) is 6.07 Å². The summed E-state index contributed by atoms with van der Waals surface area (Å²) >= 11 is 0. The van der Waals surface area contributed by atoms with Gasteiger partial charge in [-0.2, -0.15) is 9.78 Å². The highest BCUT2D eigenvalue weighted by Crippen LogP contribution is 2.22. The van der Waals surface area contributed by atoms with E-state index in [0.29, 0.717) is 11.1 Å². The van der Waals surface area contributed by atoms with Crippen molar-refractivity contribution in [1.82, 2.24) is 14.8 Å². The molecule has 2 N–H and O–H groups in total. The van der Waals surface area contributed by atoms with Gasteiger partial charge in [-0.05, 0) is 30.4 Å². The Morgan fingerprint density at radius 2 is 2.05 bits per heavy atom. The monoisotopic (exact) mass is 282 g/mol. The molecule has 0 bridgehead atoms. The zero-order valence-electron chi connectivity index (χ0n) is 10.9. The Bertz CT molecular complexity index is 840. The van der Waals surface area contributed by atoms with E-state index in [2.05, 4.69) is 10.1 Å². The third-order valence-corrected chi connectivity index (χ3v) is 2.99. The number of primary amides is 1. The van der Waals surface area contributed by atoms with Crippen molar-refractivity contribution in [1.29, 1.82) is 0 Å². The van der Waals surface area contributed by atoms with Gasteiger partial charge in [0.1, 0.15) is 11.3 Å². The van der Waals surface area contributed by atoms with Gasteiger partial charge < -0.3 is 5.73 Å². The van der Waals surface area contributed by atoms with E-state index in [-0.39, 0.29) is 5.52 Å². The number of aromatic nitrogens is 3. The largest absolute Gasteiger partial charge is 0.350 e. The predicted molar refractivity (Wildman–Crippen MR) is 77.8 cm³/mol. The SMILES string of the molecule is NC(=O)n1nc(C=Cc2ccccn2)c2cccc(F)c21. The molecule has 0 atom stereocenters. The molecule has 2 aromatic heterocycles. The highest BCUT2D eigenvalue weighted by molar-refractivity contribution is 5.95. The number of carbonyl (C=O) groups excluding carboxylic acids is 1. The Morgan fingerprint density at radius 3 is 2.76 bits per heavy atom. The number of hydrogen-bond acceptors (Lipinski definition) is 3. The second-order valence-corrected chi connectivity index (χ2v) is 4.36. The molecule has 3 rings (SSSR count). The normalized spacial score (nSPS) is 11.3. The zero-order chi connectivity index (χ0) is 14.8. The van der Waals surface area contributed by atoms with E-state index < -0.39 is 11.8 Å². The van der Waals surface area contributed by atoms with E-state index in [9.17, 15) is 9.18 Å². The Morgan fingerprint density at radius 1 is 1.19 bits per heavy atom. The van der Waals surface area contributed by atoms with Crippen molar-refractivity contribution in [2.24, 2.45) is 5.73 Å². The quantitative estimate of drug-likeness (QED) is 0.785. The fourth-order valence-corrected chi connectivity index (χ4v) is 2.07. The number of carbonyl (C=O) groups is 1. The third kappa shape index (κ3) is 2.38. The van der Waals surface area contributed by atoms with Crippen LogP contribution in [0.4, 0.5) is 9.18 Å². The van der Waals surface area contributed by atoms with Crippen LogP contribution in [0.3, 0.4) is 0 Å². The molecule has 21 heavy (non-hydrogen) atoms. The molecule has 0 radical (unpaired) electrons. The number of halogens is 1. The Labute approximate surface area is 119 Å². The fourth-order valence-electron chi connectivity index (χ4n) is 2.07. The van der Waals surface area contributed by atoms with E-state index >= 15 is 0 Å². The van der Waals surface area contributed by atoms with Crippen molar-refractivity contribution in [3.8, 4) is 0 Å². The molecular formula is C15H11FN4O. The molecule has 0 aliphatic rings.